The highest BCUT2D eigenvalue weighted by atomic mass is 16.5. The van der Waals surface area contributed by atoms with Gasteiger partial charge < -0.3 is 31.4 Å². The van der Waals surface area contributed by atoms with E-state index in [1.165, 1.54) is 37.8 Å². The minimum atomic E-state index is 0.0549. The summed E-state index contributed by atoms with van der Waals surface area (Å²) in [4.78, 5) is 2.97. The van der Waals surface area contributed by atoms with Gasteiger partial charge in [0.1, 0.15) is 0 Å². The molecule has 65 heavy (non-hydrogen) atoms. The van der Waals surface area contributed by atoms with Crippen LogP contribution in [0.4, 0.5) is 0 Å². The summed E-state index contributed by atoms with van der Waals surface area (Å²) in [5, 5.41) is 0. The van der Waals surface area contributed by atoms with E-state index in [0.717, 1.165) is 179 Å². The molecule has 1 saturated heterocycles. The van der Waals surface area contributed by atoms with Crippen molar-refractivity contribution in [3.05, 3.63) is 52.1 Å². The Bertz CT molecular complexity index is 2440. The second-order valence-corrected chi connectivity index (χ2v) is 26.6. The molecule has 1 aromatic carbocycles. The van der Waals surface area contributed by atoms with E-state index in [1.54, 1.807) is 25.7 Å². The molecule has 344 valence electrons. The van der Waals surface area contributed by atoms with Crippen molar-refractivity contribution in [3.63, 3.8) is 0 Å². The summed E-state index contributed by atoms with van der Waals surface area (Å²) in [6, 6.07) is 5.00. The van der Waals surface area contributed by atoms with E-state index in [4.69, 9.17) is 31.4 Å². The maximum Gasteiger partial charge on any atom is 0.203 e. The second kappa shape index (κ2) is 12.2. The van der Waals surface area contributed by atoms with E-state index < -0.39 is 0 Å². The number of likely N-dealkylation sites (tertiary alicyclic amines) is 1. The summed E-state index contributed by atoms with van der Waals surface area (Å²) in [6.07, 6.45) is 20.4. The zero-order valence-electron chi connectivity index (χ0n) is 38.9. The zero-order valence-corrected chi connectivity index (χ0v) is 38.9. The molecule has 0 bridgehead atoms. The molecule has 27 atom stereocenters. The number of hydrogen-bond acceptors (Lipinski definition) is 7. The van der Waals surface area contributed by atoms with E-state index in [2.05, 4.69) is 36.2 Å². The first kappa shape index (κ1) is 37.6. The van der Waals surface area contributed by atoms with E-state index in [0.29, 0.717) is 39.5 Å². The molecule has 17 aliphatic rings. The van der Waals surface area contributed by atoms with Gasteiger partial charge in [-0.2, -0.15) is 0 Å². The Kier molecular flexibility index (Phi) is 7.02. The van der Waals surface area contributed by atoms with Gasteiger partial charge in [0.25, 0.3) is 0 Å². The van der Waals surface area contributed by atoms with E-state index in [9.17, 15) is 0 Å². The van der Waals surface area contributed by atoms with Crippen LogP contribution >= 0.6 is 0 Å². The van der Waals surface area contributed by atoms with Gasteiger partial charge in [0.15, 0.2) is 11.5 Å². The third-order valence-electron chi connectivity index (χ3n) is 26.6. The summed E-state index contributed by atoms with van der Waals surface area (Å²) in [6.45, 7) is 4.73. The standard InChI is InChI=1S/C58H74N4O3/c1-62-23-57-33-14-15-34-31-12-10-29-27-8-6-25-24-5-7-26-28-9-11-30(33)42-40(28)45-38(26)36(24)44-37(25)39(27)46-41(29)43(31)53(51-49(46)47(44)48(45)50(51)52(42)57)58(34,57)56(62)32-13-16-35(63-20-2-17-59)55(65-22-4-19-61)54(32)64-21-3-18-60/h13-16,24-29,36-53,56H,2-12,17-23,59-61H2,1H3. The molecular formula is C58H74N4O3. The average molecular weight is 875 g/mol. The van der Waals surface area contributed by atoms with Crippen LogP contribution in [0.5, 0.6) is 17.2 Å². The highest BCUT2D eigenvalue weighted by molar-refractivity contribution is 5.67. The van der Waals surface area contributed by atoms with Gasteiger partial charge in [0.2, 0.25) is 5.75 Å². The number of ether oxygens (including phenoxy) is 3. The van der Waals surface area contributed by atoms with Crippen molar-refractivity contribution < 1.29 is 14.2 Å². The summed E-state index contributed by atoms with van der Waals surface area (Å²) < 4.78 is 20.8. The second-order valence-electron chi connectivity index (χ2n) is 26.6. The van der Waals surface area contributed by atoms with Crippen molar-refractivity contribution in [2.24, 2.45) is 170 Å². The highest BCUT2D eigenvalue weighted by Crippen LogP contribution is 2.96. The average Bonchev–Trinajstić information content (AvgIpc) is 4.17. The van der Waals surface area contributed by atoms with Crippen LogP contribution in [-0.4, -0.2) is 57.9 Å². The topological polar surface area (TPSA) is 109 Å². The molecule has 1 aliphatic heterocycles. The molecule has 18 rings (SSSR count). The Morgan fingerprint density at radius 1 is 0.523 bits per heavy atom. The van der Waals surface area contributed by atoms with Crippen LogP contribution in [-0.2, 0) is 0 Å². The summed E-state index contributed by atoms with van der Waals surface area (Å²) in [5.74, 6) is 26.3. The Balaban J connectivity index is 0.926. The molecule has 7 heteroatoms. The Morgan fingerprint density at radius 3 is 1.62 bits per heavy atom. The Hall–Kier alpha value is -2.32. The molecular weight excluding hydrogens is 801 g/mol. The quantitative estimate of drug-likeness (QED) is 0.172. The van der Waals surface area contributed by atoms with Crippen LogP contribution in [0.3, 0.4) is 0 Å². The highest BCUT2D eigenvalue weighted by Gasteiger charge is 2.93. The maximum absolute atomic E-state index is 7.23. The lowest BCUT2D eigenvalue weighted by atomic mass is 9.33. The maximum atomic E-state index is 7.23. The van der Waals surface area contributed by atoms with Crippen molar-refractivity contribution >= 4 is 0 Å². The van der Waals surface area contributed by atoms with Crippen LogP contribution < -0.4 is 31.4 Å². The number of nitrogens with zero attached hydrogens (tertiary/aromatic N) is 1. The predicted molar refractivity (Wildman–Crippen MR) is 248 cm³/mol. The lowest BCUT2D eigenvalue weighted by Crippen LogP contribution is -2.67. The monoisotopic (exact) mass is 875 g/mol. The van der Waals surface area contributed by atoms with Gasteiger partial charge in [-0.25, -0.2) is 0 Å². The number of rotatable bonds is 13. The van der Waals surface area contributed by atoms with E-state index >= 15 is 0 Å². The Labute approximate surface area is 386 Å². The normalized spacial score (nSPS) is 57.9. The van der Waals surface area contributed by atoms with E-state index in [-0.39, 0.29) is 16.9 Å². The lowest BCUT2D eigenvalue weighted by Gasteiger charge is -2.69. The number of benzene rings is 1. The molecule has 6 N–H and O–H groups in total. The fourth-order valence-electron chi connectivity index (χ4n) is 27.4. The molecule has 0 radical (unpaired) electrons. The lowest BCUT2D eigenvalue weighted by molar-refractivity contribution is -0.190. The van der Waals surface area contributed by atoms with Crippen LogP contribution in [0, 0.1) is 153 Å². The molecule has 1 heterocycles. The van der Waals surface area contributed by atoms with Gasteiger partial charge in [-0.1, -0.05) is 23.3 Å². The summed E-state index contributed by atoms with van der Waals surface area (Å²) in [5.41, 5.74) is 27.9. The van der Waals surface area contributed by atoms with Crippen molar-refractivity contribution in [1.29, 1.82) is 0 Å². The van der Waals surface area contributed by atoms with Crippen LogP contribution in [0.1, 0.15) is 82.2 Å². The van der Waals surface area contributed by atoms with Crippen molar-refractivity contribution in [3.8, 4) is 17.2 Å². The summed E-state index contributed by atoms with van der Waals surface area (Å²) >= 11 is 0. The molecule has 27 unspecified atom stereocenters. The van der Waals surface area contributed by atoms with Gasteiger partial charge in [-0.15, -0.1) is 0 Å². The first-order chi connectivity index (χ1) is 32.1. The predicted octanol–water partition coefficient (Wildman–Crippen LogP) is 8.11. The van der Waals surface area contributed by atoms with Crippen molar-refractivity contribution in [2.45, 2.75) is 76.7 Å². The third-order valence-corrected chi connectivity index (χ3v) is 26.6. The van der Waals surface area contributed by atoms with Crippen molar-refractivity contribution in [1.82, 2.24) is 4.90 Å². The number of hydrogen-bond donors (Lipinski definition) is 3. The number of allylic oxidation sites excluding steroid dienone is 4. The van der Waals surface area contributed by atoms with Crippen molar-refractivity contribution in [2.75, 3.05) is 53.0 Å². The molecule has 14 fully saturated rings. The van der Waals surface area contributed by atoms with Gasteiger partial charge in [0.05, 0.1) is 19.8 Å². The van der Waals surface area contributed by atoms with Crippen LogP contribution in [0.25, 0.3) is 0 Å². The fourth-order valence-corrected chi connectivity index (χ4v) is 27.4. The van der Waals surface area contributed by atoms with Crippen LogP contribution in [0.2, 0.25) is 0 Å². The minimum absolute atomic E-state index is 0.0549. The summed E-state index contributed by atoms with van der Waals surface area (Å²) in [7, 11) is 2.58. The number of fused-ring (bicyclic) bond motifs is 3. The first-order valence-electron chi connectivity index (χ1n) is 28.1. The SMILES string of the molecule is CN1CC23C4=C5CCC6C7CCC8C9CCC%10C%11CCC%12=C(C=C4)C2(C2C%12C%11C4C%10C9C9C8C7C7C6C5C3C3C7C9C4C32)C1c1ccc(OCCCN)c(OCCCN)c1OCCCN. The van der Waals surface area contributed by atoms with Gasteiger partial charge in [-0.05, 0) is 263 Å². The molecule has 1 aromatic rings. The molecule has 7 nitrogen and oxygen atoms in total. The first-order valence-corrected chi connectivity index (χ1v) is 28.1. The van der Waals surface area contributed by atoms with Gasteiger partial charge in [-0.3, -0.25) is 4.90 Å². The van der Waals surface area contributed by atoms with Gasteiger partial charge in [0, 0.05) is 29.0 Å². The Morgan fingerprint density at radius 2 is 1.00 bits per heavy atom. The zero-order chi connectivity index (χ0) is 42.3. The van der Waals surface area contributed by atoms with E-state index in [1.807, 2.05) is 22.3 Å². The molecule has 16 aliphatic carbocycles. The largest absolute Gasteiger partial charge is 0.489 e. The molecule has 2 spiro atoms. The third kappa shape index (κ3) is 3.61. The molecule has 0 aromatic heterocycles. The van der Waals surface area contributed by atoms with Gasteiger partial charge >= 0.3 is 0 Å². The molecule has 13 saturated carbocycles. The van der Waals surface area contributed by atoms with Crippen LogP contribution in [0.15, 0.2) is 46.6 Å². The smallest absolute Gasteiger partial charge is 0.203 e. The minimum Gasteiger partial charge on any atom is -0.489 e. The molecule has 0 amide bonds. The fraction of sp³-hybridized carbons (Fsp3) is 0.793. The number of nitrogens with two attached hydrogens (primary N) is 3.